The molecule has 0 saturated heterocycles. The fourth-order valence-corrected chi connectivity index (χ4v) is 4.59. The van der Waals surface area contributed by atoms with Crippen LogP contribution in [0.2, 0.25) is 0 Å². The van der Waals surface area contributed by atoms with Gasteiger partial charge in [-0.2, -0.15) is 11.3 Å². The molecule has 0 bridgehead atoms. The maximum absolute atomic E-state index is 13.6. The highest BCUT2D eigenvalue weighted by Gasteiger charge is 2.43. The van der Waals surface area contributed by atoms with Gasteiger partial charge < -0.3 is 10.4 Å². The number of hydrogen-bond acceptors (Lipinski definition) is 6. The van der Waals surface area contributed by atoms with E-state index >= 15 is 0 Å². The van der Waals surface area contributed by atoms with E-state index in [0.717, 1.165) is 16.7 Å². The lowest BCUT2D eigenvalue weighted by Crippen LogP contribution is -2.54. The largest absolute Gasteiger partial charge is 0.478 e. The zero-order chi connectivity index (χ0) is 23.5. The van der Waals surface area contributed by atoms with Gasteiger partial charge in [-0.1, -0.05) is 12.1 Å². The Morgan fingerprint density at radius 1 is 1.24 bits per heavy atom. The Labute approximate surface area is 194 Å². The van der Waals surface area contributed by atoms with Crippen LogP contribution >= 0.6 is 11.3 Å². The van der Waals surface area contributed by atoms with Gasteiger partial charge in [0.05, 0.1) is 23.5 Å². The molecule has 0 radical (unpaired) electrons. The lowest BCUT2D eigenvalue weighted by atomic mass is 9.94. The normalized spacial score (nSPS) is 16.9. The number of nitrogens with one attached hydrogen (secondary N) is 1. The van der Waals surface area contributed by atoms with Gasteiger partial charge >= 0.3 is 5.97 Å². The molecule has 1 amide bonds. The van der Waals surface area contributed by atoms with Gasteiger partial charge in [-0.25, -0.2) is 14.2 Å². The molecule has 7 nitrogen and oxygen atoms in total. The number of hydrogen-bond donors (Lipinski definition) is 2. The molecule has 3 heterocycles. The number of carboxylic acid groups (broad SMARTS) is 1. The number of benzene rings is 1. The Morgan fingerprint density at radius 2 is 2.00 bits per heavy atom. The molecular formula is C24H23FN4O3S. The van der Waals surface area contributed by atoms with E-state index in [9.17, 15) is 19.1 Å². The monoisotopic (exact) mass is 466 g/mol. The first-order chi connectivity index (χ1) is 15.9. The molecular weight excluding hydrogens is 443 g/mol. The van der Waals surface area contributed by atoms with Crippen molar-refractivity contribution in [2.24, 2.45) is 0 Å². The van der Waals surface area contributed by atoms with E-state index in [-0.39, 0.29) is 23.6 Å². The number of likely N-dealkylation sites (N-methyl/N-ethyl adjacent to an activating group) is 1. The second-order valence-corrected chi connectivity index (χ2v) is 8.39. The summed E-state index contributed by atoms with van der Waals surface area (Å²) in [6.45, 7) is 4.24. The van der Waals surface area contributed by atoms with Crippen LogP contribution in [0.4, 0.5) is 10.1 Å². The van der Waals surface area contributed by atoms with E-state index in [1.165, 1.54) is 28.5 Å². The van der Waals surface area contributed by atoms with Crippen LogP contribution in [0.5, 0.6) is 0 Å². The third-order valence-electron chi connectivity index (χ3n) is 5.54. The molecule has 170 valence electrons. The topological polar surface area (TPSA) is 85.8 Å². The lowest BCUT2D eigenvalue weighted by molar-refractivity contribution is -0.156. The molecule has 1 aliphatic heterocycles. The maximum Gasteiger partial charge on any atom is 0.335 e. The molecule has 1 unspecified atom stereocenters. The van der Waals surface area contributed by atoms with Crippen molar-refractivity contribution in [1.82, 2.24) is 15.0 Å². The molecule has 0 aliphatic carbocycles. The highest BCUT2D eigenvalue weighted by molar-refractivity contribution is 7.08. The molecule has 9 heteroatoms. The van der Waals surface area contributed by atoms with Crippen LogP contribution < -0.4 is 5.32 Å². The zero-order valence-corrected chi connectivity index (χ0v) is 19.0. The predicted octanol–water partition coefficient (Wildman–Crippen LogP) is 4.36. The SMILES string of the molecule is CCN1C(=O)C(Nc2cnccc2C)=C(C(=O)O)C(c2ccsc2)N1Cc1ccc(F)cc1. The number of carbonyl (C=O) groups excluding carboxylic acids is 1. The second-order valence-electron chi connectivity index (χ2n) is 7.61. The van der Waals surface area contributed by atoms with Gasteiger partial charge in [0.15, 0.2) is 0 Å². The Morgan fingerprint density at radius 3 is 2.61 bits per heavy atom. The van der Waals surface area contributed by atoms with Crippen molar-refractivity contribution < 1.29 is 19.1 Å². The first kappa shape index (κ1) is 22.6. The first-order valence-electron chi connectivity index (χ1n) is 10.4. The van der Waals surface area contributed by atoms with Gasteiger partial charge in [0.25, 0.3) is 5.91 Å². The van der Waals surface area contributed by atoms with Crippen LogP contribution in [0.1, 0.15) is 29.7 Å². The minimum Gasteiger partial charge on any atom is -0.478 e. The van der Waals surface area contributed by atoms with E-state index in [4.69, 9.17) is 0 Å². The van der Waals surface area contributed by atoms with Gasteiger partial charge in [-0.15, -0.1) is 0 Å². The summed E-state index contributed by atoms with van der Waals surface area (Å²) in [4.78, 5) is 30.2. The highest BCUT2D eigenvalue weighted by atomic mass is 32.1. The molecule has 33 heavy (non-hydrogen) atoms. The molecule has 0 fully saturated rings. The van der Waals surface area contributed by atoms with Crippen molar-refractivity contribution in [2.45, 2.75) is 26.4 Å². The summed E-state index contributed by atoms with van der Waals surface area (Å²) in [7, 11) is 0. The van der Waals surface area contributed by atoms with E-state index in [2.05, 4.69) is 10.3 Å². The number of nitrogens with zero attached hydrogens (tertiary/aromatic N) is 3. The lowest BCUT2D eigenvalue weighted by Gasteiger charge is -2.44. The number of amides is 1. The van der Waals surface area contributed by atoms with Crippen molar-refractivity contribution in [3.05, 3.63) is 93.3 Å². The molecule has 3 aromatic rings. The van der Waals surface area contributed by atoms with Crippen molar-refractivity contribution in [2.75, 3.05) is 11.9 Å². The Hall–Kier alpha value is -3.56. The number of aromatic nitrogens is 1. The standard InChI is InChI=1S/C24H23FN4O3S/c1-3-28-23(30)21(27-19-12-26-10-8-15(19)2)20(24(31)32)22(17-9-11-33-14-17)29(28)13-16-4-6-18(25)7-5-16/h4-12,14,22,27H,3,13H2,1-2H3,(H,31,32). The average molecular weight is 467 g/mol. The summed E-state index contributed by atoms with van der Waals surface area (Å²) < 4.78 is 13.5. The molecule has 1 aromatic carbocycles. The van der Waals surface area contributed by atoms with Crippen molar-refractivity contribution in [3.63, 3.8) is 0 Å². The number of anilines is 1. The van der Waals surface area contributed by atoms with Crippen LogP contribution in [-0.4, -0.2) is 38.5 Å². The molecule has 0 spiro atoms. The van der Waals surface area contributed by atoms with Crippen LogP contribution in [0, 0.1) is 12.7 Å². The number of aliphatic carboxylic acids is 1. The van der Waals surface area contributed by atoms with Crippen molar-refractivity contribution in [3.8, 4) is 0 Å². The quantitative estimate of drug-likeness (QED) is 0.538. The third-order valence-corrected chi connectivity index (χ3v) is 6.25. The van der Waals surface area contributed by atoms with Crippen LogP contribution in [0.15, 0.2) is 70.8 Å². The summed E-state index contributed by atoms with van der Waals surface area (Å²) >= 11 is 1.45. The molecule has 0 saturated carbocycles. The molecule has 1 aliphatic rings. The van der Waals surface area contributed by atoms with Crippen molar-refractivity contribution >= 4 is 28.9 Å². The summed E-state index contributed by atoms with van der Waals surface area (Å²) in [6.07, 6.45) is 3.20. The Balaban J connectivity index is 1.87. The fraction of sp³-hybridized carbons (Fsp3) is 0.208. The number of hydrazine groups is 1. The minimum absolute atomic E-state index is 0.00649. The summed E-state index contributed by atoms with van der Waals surface area (Å²) in [5.74, 6) is -2.00. The van der Waals surface area contributed by atoms with E-state index in [1.807, 2.05) is 30.7 Å². The Kier molecular flexibility index (Phi) is 6.52. The number of halogens is 1. The van der Waals surface area contributed by atoms with Crippen LogP contribution in [-0.2, 0) is 16.1 Å². The smallest absolute Gasteiger partial charge is 0.335 e. The number of carbonyl (C=O) groups is 2. The summed E-state index contributed by atoms with van der Waals surface area (Å²) in [6, 6.07) is 8.88. The second kappa shape index (κ2) is 9.51. The summed E-state index contributed by atoms with van der Waals surface area (Å²) in [5.41, 5.74) is 2.87. The first-order valence-corrected chi connectivity index (χ1v) is 11.3. The minimum atomic E-state index is -1.19. The van der Waals surface area contributed by atoms with Gasteiger partial charge in [-0.3, -0.25) is 14.8 Å². The fourth-order valence-electron chi connectivity index (χ4n) is 3.91. The third kappa shape index (κ3) is 4.50. The van der Waals surface area contributed by atoms with Crippen molar-refractivity contribution in [1.29, 1.82) is 0 Å². The van der Waals surface area contributed by atoms with Crippen LogP contribution in [0.3, 0.4) is 0 Å². The summed E-state index contributed by atoms with van der Waals surface area (Å²) in [5, 5.41) is 20.3. The molecule has 2 aromatic heterocycles. The van der Waals surface area contributed by atoms with E-state index in [0.29, 0.717) is 12.2 Å². The van der Waals surface area contributed by atoms with E-state index in [1.54, 1.807) is 35.6 Å². The highest BCUT2D eigenvalue weighted by Crippen LogP contribution is 2.39. The number of aryl methyl sites for hydroxylation is 1. The van der Waals surface area contributed by atoms with Crippen LogP contribution in [0.25, 0.3) is 0 Å². The number of carboxylic acids is 1. The van der Waals surface area contributed by atoms with E-state index < -0.39 is 17.9 Å². The molecule has 1 atom stereocenters. The predicted molar refractivity (Wildman–Crippen MR) is 124 cm³/mol. The number of pyridine rings is 1. The Bertz CT molecular complexity index is 1190. The maximum atomic E-state index is 13.6. The van der Waals surface area contributed by atoms with Gasteiger partial charge in [0, 0.05) is 19.3 Å². The van der Waals surface area contributed by atoms with Gasteiger partial charge in [0.1, 0.15) is 11.5 Å². The molecule has 4 rings (SSSR count). The number of rotatable bonds is 7. The van der Waals surface area contributed by atoms with Gasteiger partial charge in [0.2, 0.25) is 0 Å². The average Bonchev–Trinajstić information content (AvgIpc) is 3.32. The number of thiophene rings is 1. The zero-order valence-electron chi connectivity index (χ0n) is 18.2. The van der Waals surface area contributed by atoms with Gasteiger partial charge in [-0.05, 0) is 65.6 Å². The molecule has 2 N–H and O–H groups in total.